The van der Waals surface area contributed by atoms with E-state index in [0.29, 0.717) is 39.8 Å². The minimum absolute atomic E-state index is 0.220. The Labute approximate surface area is 132 Å². The van der Waals surface area contributed by atoms with Crippen LogP contribution in [0.1, 0.15) is 34.1 Å². The predicted molar refractivity (Wildman–Crippen MR) is 81.7 cm³/mol. The van der Waals surface area contributed by atoms with Crippen LogP contribution < -0.4 is 5.32 Å². The lowest BCUT2D eigenvalue weighted by molar-refractivity contribution is 0.0942. The zero-order chi connectivity index (χ0) is 15.4. The lowest BCUT2D eigenvalue weighted by Gasteiger charge is -2.12. The van der Waals surface area contributed by atoms with Crippen LogP contribution in [0.2, 0.25) is 10.0 Å². The Morgan fingerprint density at radius 2 is 2.19 bits per heavy atom. The first kappa shape index (κ1) is 15.8. The molecule has 0 saturated heterocycles. The first-order valence-electron chi connectivity index (χ1n) is 6.40. The molecule has 1 aromatic carbocycles. The summed E-state index contributed by atoms with van der Waals surface area (Å²) in [6.45, 7) is 2.11. The van der Waals surface area contributed by atoms with Crippen LogP contribution in [0.25, 0.3) is 0 Å². The fourth-order valence-electron chi connectivity index (χ4n) is 1.88. The maximum absolute atomic E-state index is 11.9. The molecule has 3 N–H and O–H groups in total. The molecule has 5 nitrogen and oxygen atoms in total. The van der Waals surface area contributed by atoms with Gasteiger partial charge in [0.1, 0.15) is 0 Å². The van der Waals surface area contributed by atoms with Gasteiger partial charge in [-0.3, -0.25) is 9.89 Å². The molecule has 0 fully saturated rings. The van der Waals surface area contributed by atoms with Gasteiger partial charge < -0.3 is 10.4 Å². The van der Waals surface area contributed by atoms with Crippen molar-refractivity contribution in [3.05, 3.63) is 51.3 Å². The second kappa shape index (κ2) is 6.93. The van der Waals surface area contributed by atoms with Crippen molar-refractivity contribution in [1.82, 2.24) is 15.5 Å². The van der Waals surface area contributed by atoms with Crippen LogP contribution in [0.15, 0.2) is 24.4 Å². The van der Waals surface area contributed by atoms with E-state index in [1.807, 2.05) is 0 Å². The van der Waals surface area contributed by atoms with Gasteiger partial charge in [0.05, 0.1) is 27.9 Å². The molecule has 0 unspecified atom stereocenters. The van der Waals surface area contributed by atoms with E-state index >= 15 is 0 Å². The molecule has 2 aromatic rings. The zero-order valence-electron chi connectivity index (χ0n) is 11.4. The topological polar surface area (TPSA) is 78.0 Å². The van der Waals surface area contributed by atoms with Crippen molar-refractivity contribution in [1.29, 1.82) is 0 Å². The third-order valence-corrected chi connectivity index (χ3v) is 3.85. The van der Waals surface area contributed by atoms with E-state index in [2.05, 4.69) is 15.5 Å². The standard InChI is InChI=1S/C14H15Cl2N3O2/c1-8-10(7-18-19-8)14(21)17-5-4-13(20)9-2-3-11(15)12(16)6-9/h2-3,6-7,13,20H,4-5H2,1H3,(H,17,21)(H,18,19)/t13-/m0/s1. The van der Waals surface area contributed by atoms with Gasteiger partial charge in [0.2, 0.25) is 0 Å². The lowest BCUT2D eigenvalue weighted by Crippen LogP contribution is -2.25. The fraction of sp³-hybridized carbons (Fsp3) is 0.286. The molecule has 0 aliphatic heterocycles. The average Bonchev–Trinajstić information content (AvgIpc) is 2.88. The lowest BCUT2D eigenvalue weighted by atomic mass is 10.1. The van der Waals surface area contributed by atoms with E-state index in [1.54, 1.807) is 25.1 Å². The number of aliphatic hydroxyl groups is 1. The Hall–Kier alpha value is -1.56. The van der Waals surface area contributed by atoms with Crippen LogP contribution in [0.3, 0.4) is 0 Å². The van der Waals surface area contributed by atoms with Crippen LogP contribution in [0, 0.1) is 6.92 Å². The van der Waals surface area contributed by atoms with Crippen molar-refractivity contribution in [3.8, 4) is 0 Å². The van der Waals surface area contributed by atoms with Crippen LogP contribution >= 0.6 is 23.2 Å². The van der Waals surface area contributed by atoms with E-state index in [1.165, 1.54) is 6.20 Å². The second-order valence-corrected chi connectivity index (χ2v) is 5.46. The molecule has 1 aromatic heterocycles. The number of carbonyl (C=O) groups excluding carboxylic acids is 1. The molecule has 1 atom stereocenters. The smallest absolute Gasteiger partial charge is 0.254 e. The Balaban J connectivity index is 1.87. The number of nitrogens with one attached hydrogen (secondary N) is 2. The third kappa shape index (κ3) is 3.97. The highest BCUT2D eigenvalue weighted by Gasteiger charge is 2.13. The minimum Gasteiger partial charge on any atom is -0.388 e. The molecule has 1 amide bonds. The number of hydrogen-bond donors (Lipinski definition) is 3. The Bertz CT molecular complexity index is 643. The highest BCUT2D eigenvalue weighted by molar-refractivity contribution is 6.42. The first-order chi connectivity index (χ1) is 9.99. The normalized spacial score (nSPS) is 12.2. The number of aromatic amines is 1. The van der Waals surface area contributed by atoms with Crippen LogP contribution in [0.4, 0.5) is 0 Å². The second-order valence-electron chi connectivity index (χ2n) is 4.64. The van der Waals surface area contributed by atoms with E-state index < -0.39 is 6.10 Å². The summed E-state index contributed by atoms with van der Waals surface area (Å²) in [7, 11) is 0. The van der Waals surface area contributed by atoms with Crippen LogP contribution in [-0.2, 0) is 0 Å². The third-order valence-electron chi connectivity index (χ3n) is 3.11. The molecule has 0 saturated carbocycles. The number of aryl methyl sites for hydroxylation is 1. The molecule has 0 spiro atoms. The number of carbonyl (C=O) groups is 1. The molecule has 21 heavy (non-hydrogen) atoms. The van der Waals surface area contributed by atoms with E-state index in [9.17, 15) is 9.90 Å². The Morgan fingerprint density at radius 3 is 2.81 bits per heavy atom. The number of halogens is 2. The maximum atomic E-state index is 11.9. The summed E-state index contributed by atoms with van der Waals surface area (Å²) < 4.78 is 0. The van der Waals surface area contributed by atoms with E-state index in [4.69, 9.17) is 23.2 Å². The summed E-state index contributed by atoms with van der Waals surface area (Å²) in [4.78, 5) is 11.9. The van der Waals surface area contributed by atoms with Gasteiger partial charge in [-0.2, -0.15) is 5.10 Å². The quantitative estimate of drug-likeness (QED) is 0.790. The fourth-order valence-corrected chi connectivity index (χ4v) is 2.19. The molecule has 7 heteroatoms. The van der Waals surface area contributed by atoms with Crippen molar-refractivity contribution in [2.45, 2.75) is 19.4 Å². The van der Waals surface area contributed by atoms with Crippen LogP contribution in [-0.4, -0.2) is 27.8 Å². The van der Waals surface area contributed by atoms with Gasteiger partial charge in [0.15, 0.2) is 0 Å². The number of benzene rings is 1. The summed E-state index contributed by atoms with van der Waals surface area (Å²) in [6.07, 6.45) is 1.13. The number of aliphatic hydroxyl groups excluding tert-OH is 1. The molecule has 0 bridgehead atoms. The largest absolute Gasteiger partial charge is 0.388 e. The average molecular weight is 328 g/mol. The summed E-state index contributed by atoms with van der Waals surface area (Å²) in [5, 5.41) is 20.1. The van der Waals surface area contributed by atoms with Gasteiger partial charge in [-0.1, -0.05) is 29.3 Å². The van der Waals surface area contributed by atoms with Crippen molar-refractivity contribution in [2.24, 2.45) is 0 Å². The van der Waals surface area contributed by atoms with E-state index in [-0.39, 0.29) is 5.91 Å². The van der Waals surface area contributed by atoms with Gasteiger partial charge in [-0.25, -0.2) is 0 Å². The number of nitrogens with zero attached hydrogens (tertiary/aromatic N) is 1. The van der Waals surface area contributed by atoms with Gasteiger partial charge in [-0.05, 0) is 31.0 Å². The van der Waals surface area contributed by atoms with Crippen molar-refractivity contribution >= 4 is 29.1 Å². The van der Waals surface area contributed by atoms with E-state index in [0.717, 1.165) is 0 Å². The summed E-state index contributed by atoms with van der Waals surface area (Å²) in [6, 6.07) is 4.97. The molecule has 112 valence electrons. The summed E-state index contributed by atoms with van der Waals surface area (Å²) in [5.74, 6) is -0.220. The maximum Gasteiger partial charge on any atom is 0.254 e. The molecular weight excluding hydrogens is 313 g/mol. The highest BCUT2D eigenvalue weighted by atomic mass is 35.5. The van der Waals surface area contributed by atoms with Gasteiger partial charge in [-0.15, -0.1) is 0 Å². The molecule has 0 aliphatic carbocycles. The van der Waals surface area contributed by atoms with Gasteiger partial charge >= 0.3 is 0 Å². The molecule has 2 rings (SSSR count). The van der Waals surface area contributed by atoms with Crippen molar-refractivity contribution in [2.75, 3.05) is 6.54 Å². The Morgan fingerprint density at radius 1 is 1.43 bits per heavy atom. The number of hydrogen-bond acceptors (Lipinski definition) is 3. The van der Waals surface area contributed by atoms with Gasteiger partial charge in [0.25, 0.3) is 5.91 Å². The molecule has 0 radical (unpaired) electrons. The molecular formula is C14H15Cl2N3O2. The minimum atomic E-state index is -0.717. The number of aromatic nitrogens is 2. The number of rotatable bonds is 5. The van der Waals surface area contributed by atoms with Crippen molar-refractivity contribution in [3.63, 3.8) is 0 Å². The van der Waals surface area contributed by atoms with Gasteiger partial charge in [0, 0.05) is 12.2 Å². The molecule has 1 heterocycles. The zero-order valence-corrected chi connectivity index (χ0v) is 12.9. The monoisotopic (exact) mass is 327 g/mol. The number of H-pyrrole nitrogens is 1. The SMILES string of the molecule is Cc1[nH]ncc1C(=O)NCC[C@H](O)c1ccc(Cl)c(Cl)c1. The summed E-state index contributed by atoms with van der Waals surface area (Å²) >= 11 is 11.7. The van der Waals surface area contributed by atoms with Crippen molar-refractivity contribution < 1.29 is 9.90 Å². The predicted octanol–water partition coefficient (Wildman–Crippen LogP) is 2.88. The Kier molecular flexibility index (Phi) is 5.22. The summed E-state index contributed by atoms with van der Waals surface area (Å²) in [5.41, 5.74) is 1.87. The molecule has 0 aliphatic rings. The highest BCUT2D eigenvalue weighted by Crippen LogP contribution is 2.26. The first-order valence-corrected chi connectivity index (χ1v) is 7.16. The van der Waals surface area contributed by atoms with Crippen LogP contribution in [0.5, 0.6) is 0 Å². The number of amides is 1.